The highest BCUT2D eigenvalue weighted by atomic mass is 19.2. The molecule has 0 nitrogen and oxygen atoms in total. The maximum absolute atomic E-state index is 14.5. The molecular formula is C22H23F3. The molecule has 0 N–H and O–H groups in total. The zero-order valence-electron chi connectivity index (χ0n) is 14.7. The van der Waals surface area contributed by atoms with Crippen molar-refractivity contribution >= 4 is 11.7 Å². The molecule has 0 aromatic heterocycles. The minimum Gasteiger partial charge on any atom is -0.206 e. The molecular weight excluding hydrogens is 321 g/mol. The Morgan fingerprint density at radius 2 is 1.52 bits per heavy atom. The maximum Gasteiger partial charge on any atom is 0.169 e. The second-order valence-corrected chi connectivity index (χ2v) is 7.19. The van der Waals surface area contributed by atoms with E-state index in [9.17, 15) is 13.2 Å². The molecule has 0 atom stereocenters. The molecule has 2 aromatic carbocycles. The van der Waals surface area contributed by atoms with Crippen molar-refractivity contribution in [1.29, 1.82) is 0 Å². The van der Waals surface area contributed by atoms with Gasteiger partial charge in [0.25, 0.3) is 0 Å². The van der Waals surface area contributed by atoms with E-state index in [0.29, 0.717) is 11.5 Å². The molecule has 1 saturated carbocycles. The average Bonchev–Trinajstić information content (AvgIpc) is 2.61. The Morgan fingerprint density at radius 1 is 0.880 bits per heavy atom. The highest BCUT2D eigenvalue weighted by Crippen LogP contribution is 2.36. The van der Waals surface area contributed by atoms with E-state index in [1.54, 1.807) is 25.1 Å². The van der Waals surface area contributed by atoms with Crippen LogP contribution in [0.15, 0.2) is 42.5 Å². The van der Waals surface area contributed by atoms with Gasteiger partial charge in [0.05, 0.1) is 0 Å². The van der Waals surface area contributed by atoms with Crippen molar-refractivity contribution in [3.05, 3.63) is 70.5 Å². The van der Waals surface area contributed by atoms with E-state index in [0.717, 1.165) is 18.8 Å². The number of benzene rings is 2. The lowest BCUT2D eigenvalue weighted by Crippen LogP contribution is -2.10. The van der Waals surface area contributed by atoms with Gasteiger partial charge in [0.15, 0.2) is 11.7 Å². The molecule has 0 radical (unpaired) electrons. The summed E-state index contributed by atoms with van der Waals surface area (Å²) in [6.45, 7) is 3.97. The molecule has 25 heavy (non-hydrogen) atoms. The molecule has 0 bridgehead atoms. The molecule has 2 aromatic rings. The fourth-order valence-electron chi connectivity index (χ4n) is 3.54. The van der Waals surface area contributed by atoms with Crippen LogP contribution in [0.5, 0.6) is 0 Å². The largest absolute Gasteiger partial charge is 0.206 e. The normalized spacial score (nSPS) is 21.8. The van der Waals surface area contributed by atoms with Crippen molar-refractivity contribution in [2.75, 3.05) is 0 Å². The Kier molecular flexibility index (Phi) is 5.31. The van der Waals surface area contributed by atoms with E-state index in [1.165, 1.54) is 30.5 Å². The molecule has 0 unspecified atom stereocenters. The Balaban J connectivity index is 1.83. The van der Waals surface area contributed by atoms with E-state index >= 15 is 0 Å². The van der Waals surface area contributed by atoms with Gasteiger partial charge in [-0.2, -0.15) is 0 Å². The topological polar surface area (TPSA) is 0 Å². The molecule has 1 aliphatic rings. The van der Waals surface area contributed by atoms with E-state index in [1.807, 2.05) is 12.1 Å². The quantitative estimate of drug-likeness (QED) is 0.517. The molecule has 0 aliphatic heterocycles. The van der Waals surface area contributed by atoms with Gasteiger partial charge in [-0.05, 0) is 54.9 Å². The van der Waals surface area contributed by atoms with Crippen LogP contribution in [-0.2, 0) is 0 Å². The molecule has 3 rings (SSSR count). The lowest BCUT2D eigenvalue weighted by Gasteiger charge is -2.26. The van der Waals surface area contributed by atoms with Gasteiger partial charge in [-0.1, -0.05) is 50.1 Å². The van der Waals surface area contributed by atoms with Gasteiger partial charge < -0.3 is 0 Å². The summed E-state index contributed by atoms with van der Waals surface area (Å²) in [5.41, 5.74) is 1.64. The second kappa shape index (κ2) is 7.47. The fraction of sp³-hybridized carbons (Fsp3) is 0.364. The molecule has 0 amide bonds. The third-order valence-electron chi connectivity index (χ3n) is 5.21. The predicted octanol–water partition coefficient (Wildman–Crippen LogP) is 7.19. The van der Waals surface area contributed by atoms with Gasteiger partial charge in [-0.25, -0.2) is 13.2 Å². The van der Waals surface area contributed by atoms with Gasteiger partial charge in [-0.15, -0.1) is 0 Å². The summed E-state index contributed by atoms with van der Waals surface area (Å²) in [5.74, 6) is -1.66. The zero-order chi connectivity index (χ0) is 18.0. The molecule has 1 aliphatic carbocycles. The lowest BCUT2D eigenvalue weighted by atomic mass is 9.79. The summed E-state index contributed by atoms with van der Waals surface area (Å²) in [4.78, 5) is 0. The van der Waals surface area contributed by atoms with Crippen LogP contribution in [0.25, 0.3) is 11.7 Å². The molecule has 3 heteroatoms. The van der Waals surface area contributed by atoms with Crippen LogP contribution in [-0.4, -0.2) is 0 Å². The zero-order valence-corrected chi connectivity index (χ0v) is 14.7. The van der Waals surface area contributed by atoms with Crippen molar-refractivity contribution in [3.63, 3.8) is 0 Å². The van der Waals surface area contributed by atoms with Crippen LogP contribution in [0.3, 0.4) is 0 Å². The first-order valence-corrected chi connectivity index (χ1v) is 8.88. The van der Waals surface area contributed by atoms with Crippen LogP contribution in [0.4, 0.5) is 13.2 Å². The molecule has 0 saturated heterocycles. The minimum atomic E-state index is -1.16. The number of rotatable bonds is 3. The van der Waals surface area contributed by atoms with Crippen LogP contribution in [0.1, 0.15) is 60.8 Å². The number of hydrogen-bond acceptors (Lipinski definition) is 0. The number of halogens is 3. The summed E-state index contributed by atoms with van der Waals surface area (Å²) in [7, 11) is 0. The number of aryl methyl sites for hydroxylation is 1. The van der Waals surface area contributed by atoms with Crippen molar-refractivity contribution in [2.45, 2.75) is 45.4 Å². The maximum atomic E-state index is 14.5. The summed E-state index contributed by atoms with van der Waals surface area (Å²) < 4.78 is 42.7. The summed E-state index contributed by atoms with van der Waals surface area (Å²) in [6.07, 6.45) is 4.70. The second-order valence-electron chi connectivity index (χ2n) is 7.19. The van der Waals surface area contributed by atoms with E-state index in [-0.39, 0.29) is 11.1 Å². The Labute approximate surface area is 147 Å². The SMILES string of the molecule is Cc1ccc(/C(F)=C(\F)c2ccc(C3CCC(C)CC3)cc2)c(F)c1. The van der Waals surface area contributed by atoms with Gasteiger partial charge in [0, 0.05) is 11.1 Å². The molecule has 0 spiro atoms. The summed E-state index contributed by atoms with van der Waals surface area (Å²) in [6, 6.07) is 11.0. The fourth-order valence-corrected chi connectivity index (χ4v) is 3.54. The third-order valence-corrected chi connectivity index (χ3v) is 5.21. The van der Waals surface area contributed by atoms with Gasteiger partial charge in [-0.3, -0.25) is 0 Å². The van der Waals surface area contributed by atoms with Gasteiger partial charge >= 0.3 is 0 Å². The summed E-state index contributed by atoms with van der Waals surface area (Å²) in [5, 5.41) is 0. The standard InChI is InChI=1S/C22H23F3/c1-14-3-6-16(7-4-14)17-8-10-18(11-9-17)21(24)22(25)19-12-5-15(2)13-20(19)23/h5,8-14,16H,3-4,6-7H2,1-2H3/b22-21+. The van der Waals surface area contributed by atoms with Crippen LogP contribution < -0.4 is 0 Å². The smallest absolute Gasteiger partial charge is 0.169 e. The molecule has 0 heterocycles. The highest BCUT2D eigenvalue weighted by molar-refractivity contribution is 5.83. The van der Waals surface area contributed by atoms with Crippen molar-refractivity contribution in [2.24, 2.45) is 5.92 Å². The first kappa shape index (κ1) is 17.8. The van der Waals surface area contributed by atoms with Crippen LogP contribution >= 0.6 is 0 Å². The number of hydrogen-bond donors (Lipinski definition) is 0. The highest BCUT2D eigenvalue weighted by Gasteiger charge is 2.20. The summed E-state index contributed by atoms with van der Waals surface area (Å²) >= 11 is 0. The molecule has 132 valence electrons. The van der Waals surface area contributed by atoms with Crippen LogP contribution in [0, 0.1) is 18.7 Å². The van der Waals surface area contributed by atoms with Crippen molar-refractivity contribution in [3.8, 4) is 0 Å². The monoisotopic (exact) mass is 344 g/mol. The minimum absolute atomic E-state index is 0.144. The van der Waals surface area contributed by atoms with Gasteiger partial charge in [0.1, 0.15) is 5.82 Å². The van der Waals surface area contributed by atoms with E-state index in [4.69, 9.17) is 0 Å². The predicted molar refractivity (Wildman–Crippen MR) is 97.0 cm³/mol. The average molecular weight is 344 g/mol. The Morgan fingerprint density at radius 3 is 2.12 bits per heavy atom. The first-order chi connectivity index (χ1) is 12.0. The first-order valence-electron chi connectivity index (χ1n) is 8.88. The van der Waals surface area contributed by atoms with Crippen molar-refractivity contribution in [1.82, 2.24) is 0 Å². The third kappa shape index (κ3) is 3.97. The Hall–Kier alpha value is -2.03. The van der Waals surface area contributed by atoms with Gasteiger partial charge in [0.2, 0.25) is 0 Å². The van der Waals surface area contributed by atoms with Crippen molar-refractivity contribution < 1.29 is 13.2 Å². The van der Waals surface area contributed by atoms with Crippen LogP contribution in [0.2, 0.25) is 0 Å². The van der Waals surface area contributed by atoms with E-state index < -0.39 is 17.5 Å². The molecule has 1 fully saturated rings. The van der Waals surface area contributed by atoms with E-state index in [2.05, 4.69) is 6.92 Å². The Bertz CT molecular complexity index is 766. The lowest BCUT2D eigenvalue weighted by molar-refractivity contribution is 0.348.